The highest BCUT2D eigenvalue weighted by Gasteiger charge is 2.24. The molecule has 0 spiro atoms. The standard InChI is InChI=1S/C12H12ClNO5/c1-6-7(3-2-4-8(6)13)11(17)14-9(12(18)19)5-10(15)16/h2-4,9H,5H2,1H3,(H,14,17)(H,15,16)(H,18,19)/t9-/m1/s1. The van der Waals surface area contributed by atoms with Crippen LogP contribution < -0.4 is 5.32 Å². The van der Waals surface area contributed by atoms with Crippen molar-refractivity contribution >= 4 is 29.4 Å². The van der Waals surface area contributed by atoms with Gasteiger partial charge in [0.1, 0.15) is 6.04 Å². The van der Waals surface area contributed by atoms with Crippen LogP contribution in [0.15, 0.2) is 18.2 Å². The number of benzene rings is 1. The Bertz CT molecular complexity index is 529. The van der Waals surface area contributed by atoms with Crippen molar-refractivity contribution in [3.8, 4) is 0 Å². The van der Waals surface area contributed by atoms with Crippen molar-refractivity contribution in [2.24, 2.45) is 0 Å². The number of carbonyl (C=O) groups excluding carboxylic acids is 1. The normalized spacial score (nSPS) is 11.7. The number of amides is 1. The average molecular weight is 286 g/mol. The lowest BCUT2D eigenvalue weighted by atomic mass is 10.1. The summed E-state index contributed by atoms with van der Waals surface area (Å²) in [5.74, 6) is -3.39. The van der Waals surface area contributed by atoms with Crippen LogP contribution in [0.4, 0.5) is 0 Å². The summed E-state index contributed by atoms with van der Waals surface area (Å²) in [6, 6.07) is 3.15. The molecular formula is C12H12ClNO5. The molecule has 0 saturated heterocycles. The highest BCUT2D eigenvalue weighted by molar-refractivity contribution is 6.31. The summed E-state index contributed by atoms with van der Waals surface area (Å²) in [4.78, 5) is 33.3. The number of carboxylic acids is 2. The molecule has 6 nitrogen and oxygen atoms in total. The Morgan fingerprint density at radius 2 is 1.95 bits per heavy atom. The van der Waals surface area contributed by atoms with Gasteiger partial charge in [-0.1, -0.05) is 17.7 Å². The van der Waals surface area contributed by atoms with Crippen LogP contribution in [0.1, 0.15) is 22.3 Å². The van der Waals surface area contributed by atoms with E-state index in [1.807, 2.05) is 0 Å². The van der Waals surface area contributed by atoms with E-state index >= 15 is 0 Å². The van der Waals surface area contributed by atoms with Gasteiger partial charge in [-0.3, -0.25) is 9.59 Å². The SMILES string of the molecule is Cc1c(Cl)cccc1C(=O)N[C@H](CC(=O)O)C(=O)O. The molecule has 0 bridgehead atoms. The lowest BCUT2D eigenvalue weighted by molar-refractivity contribution is -0.145. The van der Waals surface area contributed by atoms with Gasteiger partial charge in [0, 0.05) is 10.6 Å². The van der Waals surface area contributed by atoms with Crippen LogP contribution in [0.5, 0.6) is 0 Å². The molecule has 1 amide bonds. The first-order chi connectivity index (χ1) is 8.82. The number of halogens is 1. The fourth-order valence-electron chi connectivity index (χ4n) is 1.46. The molecule has 0 aliphatic heterocycles. The second-order valence-electron chi connectivity index (χ2n) is 3.87. The maximum atomic E-state index is 11.9. The first-order valence-electron chi connectivity index (χ1n) is 5.33. The molecule has 0 heterocycles. The molecule has 0 fully saturated rings. The quantitative estimate of drug-likeness (QED) is 0.756. The summed E-state index contributed by atoms with van der Waals surface area (Å²) in [6.45, 7) is 1.62. The van der Waals surface area contributed by atoms with Crippen LogP contribution >= 0.6 is 11.6 Å². The third-order valence-electron chi connectivity index (χ3n) is 2.49. The molecule has 1 aromatic rings. The molecule has 0 saturated carbocycles. The topological polar surface area (TPSA) is 104 Å². The molecule has 102 valence electrons. The maximum Gasteiger partial charge on any atom is 0.326 e. The summed E-state index contributed by atoms with van der Waals surface area (Å²) in [7, 11) is 0. The summed E-state index contributed by atoms with van der Waals surface area (Å²) in [6.07, 6.45) is -0.694. The van der Waals surface area contributed by atoms with Crippen molar-refractivity contribution in [1.82, 2.24) is 5.32 Å². The van der Waals surface area contributed by atoms with E-state index in [0.29, 0.717) is 10.6 Å². The van der Waals surface area contributed by atoms with Gasteiger partial charge in [0.2, 0.25) is 0 Å². The molecule has 0 aliphatic carbocycles. The third-order valence-corrected chi connectivity index (χ3v) is 2.90. The second-order valence-corrected chi connectivity index (χ2v) is 4.28. The molecule has 0 aromatic heterocycles. The summed E-state index contributed by atoms with van der Waals surface area (Å²) in [5, 5.41) is 19.9. The zero-order chi connectivity index (χ0) is 14.6. The van der Waals surface area contributed by atoms with Gasteiger partial charge in [0.05, 0.1) is 6.42 Å². The fourth-order valence-corrected chi connectivity index (χ4v) is 1.64. The number of carboxylic acid groups (broad SMARTS) is 2. The van der Waals surface area contributed by atoms with E-state index in [1.54, 1.807) is 19.1 Å². The fraction of sp³-hybridized carbons (Fsp3) is 0.250. The van der Waals surface area contributed by atoms with E-state index in [4.69, 9.17) is 21.8 Å². The minimum absolute atomic E-state index is 0.212. The molecule has 1 aromatic carbocycles. The summed E-state index contributed by atoms with van der Waals surface area (Å²) < 4.78 is 0. The highest BCUT2D eigenvalue weighted by atomic mass is 35.5. The van der Waals surface area contributed by atoms with Crippen molar-refractivity contribution in [3.63, 3.8) is 0 Å². The molecule has 1 rings (SSSR count). The molecular weight excluding hydrogens is 274 g/mol. The van der Waals surface area contributed by atoms with E-state index in [2.05, 4.69) is 5.32 Å². The van der Waals surface area contributed by atoms with Crippen LogP contribution in [0, 0.1) is 6.92 Å². The highest BCUT2D eigenvalue weighted by Crippen LogP contribution is 2.18. The minimum Gasteiger partial charge on any atom is -0.481 e. The van der Waals surface area contributed by atoms with E-state index in [1.165, 1.54) is 6.07 Å². The first-order valence-corrected chi connectivity index (χ1v) is 5.71. The number of rotatable bonds is 5. The smallest absolute Gasteiger partial charge is 0.326 e. The van der Waals surface area contributed by atoms with Crippen LogP contribution in [0.25, 0.3) is 0 Å². The number of hydrogen-bond acceptors (Lipinski definition) is 3. The largest absolute Gasteiger partial charge is 0.481 e. The number of hydrogen-bond donors (Lipinski definition) is 3. The van der Waals surface area contributed by atoms with E-state index < -0.39 is 30.3 Å². The van der Waals surface area contributed by atoms with Crippen molar-refractivity contribution in [2.45, 2.75) is 19.4 Å². The number of aliphatic carboxylic acids is 2. The minimum atomic E-state index is -1.48. The molecule has 0 aliphatic rings. The zero-order valence-corrected chi connectivity index (χ0v) is 10.8. The van der Waals surface area contributed by atoms with Crippen molar-refractivity contribution in [3.05, 3.63) is 34.3 Å². The lowest BCUT2D eigenvalue weighted by Crippen LogP contribution is -2.42. The monoisotopic (exact) mass is 285 g/mol. The summed E-state index contributed by atoms with van der Waals surface area (Å²) >= 11 is 5.85. The predicted molar refractivity (Wildman–Crippen MR) is 67.3 cm³/mol. The van der Waals surface area contributed by atoms with E-state index in [0.717, 1.165) is 0 Å². The average Bonchev–Trinajstić information content (AvgIpc) is 2.31. The van der Waals surface area contributed by atoms with Gasteiger partial charge in [-0.25, -0.2) is 4.79 Å². The van der Waals surface area contributed by atoms with Crippen molar-refractivity contribution in [1.29, 1.82) is 0 Å². The van der Waals surface area contributed by atoms with Crippen molar-refractivity contribution < 1.29 is 24.6 Å². The molecule has 7 heteroatoms. The molecule has 1 atom stereocenters. The molecule has 0 radical (unpaired) electrons. The Balaban J connectivity index is 2.91. The first kappa shape index (κ1) is 15.0. The van der Waals surface area contributed by atoms with E-state index in [9.17, 15) is 14.4 Å². The van der Waals surface area contributed by atoms with Crippen LogP contribution in [-0.4, -0.2) is 34.1 Å². The molecule has 19 heavy (non-hydrogen) atoms. The Kier molecular flexibility index (Phi) is 4.88. The Morgan fingerprint density at radius 1 is 1.32 bits per heavy atom. The van der Waals surface area contributed by atoms with Gasteiger partial charge in [-0.2, -0.15) is 0 Å². The Hall–Kier alpha value is -2.08. The van der Waals surface area contributed by atoms with Crippen LogP contribution in [-0.2, 0) is 9.59 Å². The summed E-state index contributed by atoms with van der Waals surface area (Å²) in [5.41, 5.74) is 0.713. The predicted octanol–water partition coefficient (Wildman–Crippen LogP) is 1.31. The van der Waals surface area contributed by atoms with Gasteiger partial charge >= 0.3 is 11.9 Å². The second kappa shape index (κ2) is 6.19. The van der Waals surface area contributed by atoms with Crippen LogP contribution in [0.2, 0.25) is 5.02 Å². The van der Waals surface area contributed by atoms with Gasteiger partial charge < -0.3 is 15.5 Å². The Labute approximate surface area is 114 Å². The van der Waals surface area contributed by atoms with E-state index in [-0.39, 0.29) is 5.56 Å². The number of carbonyl (C=O) groups is 3. The van der Waals surface area contributed by atoms with Gasteiger partial charge in [-0.15, -0.1) is 0 Å². The van der Waals surface area contributed by atoms with Crippen molar-refractivity contribution in [2.75, 3.05) is 0 Å². The molecule has 0 unspecified atom stereocenters. The Morgan fingerprint density at radius 3 is 2.47 bits per heavy atom. The van der Waals surface area contributed by atoms with Gasteiger partial charge in [0.15, 0.2) is 0 Å². The number of nitrogens with one attached hydrogen (secondary N) is 1. The van der Waals surface area contributed by atoms with Gasteiger partial charge in [-0.05, 0) is 24.6 Å². The molecule has 3 N–H and O–H groups in total. The third kappa shape index (κ3) is 3.96. The maximum absolute atomic E-state index is 11.9. The van der Waals surface area contributed by atoms with Gasteiger partial charge in [0.25, 0.3) is 5.91 Å². The lowest BCUT2D eigenvalue weighted by Gasteiger charge is -2.13. The van der Waals surface area contributed by atoms with Crippen LogP contribution in [0.3, 0.4) is 0 Å². The zero-order valence-electron chi connectivity index (χ0n) is 10.0.